The number of sulfonamides is 1. The summed E-state index contributed by atoms with van der Waals surface area (Å²) in [4.78, 5) is 0. The summed E-state index contributed by atoms with van der Waals surface area (Å²) in [5, 5.41) is 3.01. The van der Waals surface area contributed by atoms with E-state index in [9.17, 15) is 34.8 Å². The van der Waals surface area contributed by atoms with Crippen LogP contribution in [0.5, 0.6) is 5.75 Å². The second-order valence-electron chi connectivity index (χ2n) is 8.62. The number of ether oxygens (including phenoxy) is 1. The van der Waals surface area contributed by atoms with Crippen LogP contribution in [-0.4, -0.2) is 27.1 Å². The van der Waals surface area contributed by atoms with Gasteiger partial charge in [-0.3, -0.25) is 4.72 Å². The zero-order valence-corrected chi connectivity index (χ0v) is 21.3. The van der Waals surface area contributed by atoms with E-state index < -0.39 is 44.9 Å². The van der Waals surface area contributed by atoms with Gasteiger partial charge in [-0.15, -0.1) is 11.3 Å². The van der Waals surface area contributed by atoms with Crippen LogP contribution in [0.2, 0.25) is 4.34 Å². The minimum atomic E-state index is -4.74. The Bertz CT molecular complexity index is 1400. The molecular weight excluding hydrogens is 566 g/mol. The Balaban J connectivity index is 1.68. The van der Waals surface area contributed by atoms with E-state index in [1.165, 1.54) is 6.07 Å². The molecule has 0 aliphatic carbocycles. The average Bonchev–Trinajstić information content (AvgIpc) is 3.38. The van der Waals surface area contributed by atoms with Crippen molar-refractivity contribution in [2.24, 2.45) is 0 Å². The molecule has 1 aromatic heterocycles. The van der Waals surface area contributed by atoms with Crippen LogP contribution in [0.3, 0.4) is 0 Å². The zero-order chi connectivity index (χ0) is 27.2. The van der Waals surface area contributed by atoms with Crippen molar-refractivity contribution in [2.45, 2.75) is 35.5 Å². The number of rotatable bonds is 6. The molecule has 1 saturated heterocycles. The molecule has 2 heterocycles. The van der Waals surface area contributed by atoms with Crippen LogP contribution in [0.4, 0.5) is 32.0 Å². The summed E-state index contributed by atoms with van der Waals surface area (Å²) in [5.74, 6) is -0.536. The molecule has 2 N–H and O–H groups in total. The maximum atomic E-state index is 13.6. The minimum Gasteiger partial charge on any atom is -0.485 e. The highest BCUT2D eigenvalue weighted by Gasteiger charge is 2.38. The molecule has 1 aliphatic heterocycles. The summed E-state index contributed by atoms with van der Waals surface area (Å²) >= 11 is 6.69. The summed E-state index contributed by atoms with van der Waals surface area (Å²) in [6, 6.07) is 7.76. The molecule has 37 heavy (non-hydrogen) atoms. The van der Waals surface area contributed by atoms with Crippen molar-refractivity contribution in [1.82, 2.24) is 5.32 Å². The summed E-state index contributed by atoms with van der Waals surface area (Å²) in [6.07, 6.45) is -8.87. The predicted molar refractivity (Wildman–Crippen MR) is 129 cm³/mol. The molecule has 0 radical (unpaired) electrons. The van der Waals surface area contributed by atoms with Crippen LogP contribution in [0.1, 0.15) is 24.5 Å². The first-order valence-electron chi connectivity index (χ1n) is 10.7. The third-order valence-electron chi connectivity index (χ3n) is 5.66. The fourth-order valence-corrected chi connectivity index (χ4v) is 6.79. The normalized spacial score (nSPS) is 18.7. The lowest BCUT2D eigenvalue weighted by atomic mass is 10.1. The number of halogens is 7. The van der Waals surface area contributed by atoms with Crippen molar-refractivity contribution in [3.63, 3.8) is 0 Å². The summed E-state index contributed by atoms with van der Waals surface area (Å²) < 4.78 is 114. The average molecular weight is 585 g/mol. The summed E-state index contributed by atoms with van der Waals surface area (Å²) in [7, 11) is -4.40. The molecule has 0 spiro atoms. The lowest BCUT2D eigenvalue weighted by molar-refractivity contribution is -0.140. The van der Waals surface area contributed by atoms with Crippen LogP contribution >= 0.6 is 22.9 Å². The van der Waals surface area contributed by atoms with Gasteiger partial charge in [-0.1, -0.05) is 23.7 Å². The van der Waals surface area contributed by atoms with Crippen LogP contribution in [0.15, 0.2) is 52.7 Å². The topological polar surface area (TPSA) is 67.4 Å². The van der Waals surface area contributed by atoms with Gasteiger partial charge >= 0.3 is 12.4 Å². The van der Waals surface area contributed by atoms with E-state index in [1.807, 2.05) is 0 Å². The first kappa shape index (κ1) is 27.6. The van der Waals surface area contributed by atoms with E-state index in [-0.39, 0.29) is 25.4 Å². The Morgan fingerprint density at radius 1 is 1.03 bits per heavy atom. The summed E-state index contributed by atoms with van der Waals surface area (Å²) in [5.41, 5.74) is -2.88. The highest BCUT2D eigenvalue weighted by Crippen LogP contribution is 2.42. The molecule has 0 bridgehead atoms. The van der Waals surface area contributed by atoms with Crippen molar-refractivity contribution in [3.05, 3.63) is 64.0 Å². The third kappa shape index (κ3) is 6.16. The molecule has 1 fully saturated rings. The van der Waals surface area contributed by atoms with E-state index in [0.29, 0.717) is 30.8 Å². The number of benzene rings is 2. The Kier molecular flexibility index (Phi) is 7.21. The Morgan fingerprint density at radius 3 is 2.27 bits per heavy atom. The molecule has 200 valence electrons. The Labute approximate surface area is 217 Å². The van der Waals surface area contributed by atoms with E-state index in [0.717, 1.165) is 42.5 Å². The van der Waals surface area contributed by atoms with Crippen molar-refractivity contribution >= 4 is 38.6 Å². The first-order chi connectivity index (χ1) is 17.1. The van der Waals surface area contributed by atoms with E-state index in [4.69, 9.17) is 16.3 Å². The molecule has 0 unspecified atom stereocenters. The lowest BCUT2D eigenvalue weighted by Gasteiger charge is -2.27. The van der Waals surface area contributed by atoms with Crippen molar-refractivity contribution in [1.29, 1.82) is 0 Å². The largest absolute Gasteiger partial charge is 0.485 e. The zero-order valence-electron chi connectivity index (χ0n) is 18.9. The van der Waals surface area contributed by atoms with Crippen LogP contribution < -0.4 is 14.8 Å². The molecule has 14 heteroatoms. The standard InChI is InChI=1S/C23H19ClF6N2O3S2/c1-21(8-9-31-12-21)35-18-10-15(6-7-17(18)23(28,29)30)32-37(33,34)20-16(11-19(24)36-20)13-2-4-14(5-3-13)22(25,26)27/h2-7,10-11,31-32H,8-9,12H2,1H3/t21-/m1/s1. The van der Waals surface area contributed by atoms with Gasteiger partial charge in [0.1, 0.15) is 15.6 Å². The van der Waals surface area contributed by atoms with Gasteiger partial charge in [0.05, 0.1) is 21.2 Å². The quantitative estimate of drug-likeness (QED) is 0.305. The van der Waals surface area contributed by atoms with Gasteiger partial charge in [0.15, 0.2) is 0 Å². The monoisotopic (exact) mass is 584 g/mol. The Morgan fingerprint density at radius 2 is 1.70 bits per heavy atom. The molecule has 2 aromatic carbocycles. The molecule has 0 amide bonds. The smallest absolute Gasteiger partial charge is 0.419 e. The van der Waals surface area contributed by atoms with Crippen molar-refractivity contribution in [3.8, 4) is 16.9 Å². The number of hydrogen-bond donors (Lipinski definition) is 2. The molecule has 3 aromatic rings. The fourth-order valence-electron chi connectivity index (χ4n) is 3.84. The van der Waals surface area contributed by atoms with E-state index in [1.54, 1.807) is 6.92 Å². The lowest BCUT2D eigenvalue weighted by Crippen LogP contribution is -2.35. The molecule has 4 rings (SSSR count). The van der Waals surface area contributed by atoms with Gasteiger partial charge in [0.2, 0.25) is 0 Å². The summed E-state index contributed by atoms with van der Waals surface area (Å²) in [6.45, 7) is 2.51. The molecule has 5 nitrogen and oxygen atoms in total. The highest BCUT2D eigenvalue weighted by molar-refractivity contribution is 7.94. The molecule has 1 aliphatic rings. The van der Waals surface area contributed by atoms with Crippen molar-refractivity contribution in [2.75, 3.05) is 17.8 Å². The molecular formula is C23H19ClF6N2O3S2. The minimum absolute atomic E-state index is 0.0455. The highest BCUT2D eigenvalue weighted by atomic mass is 35.5. The molecule has 0 saturated carbocycles. The Hall–Kier alpha value is -2.48. The second-order valence-corrected chi connectivity index (χ2v) is 12.2. The maximum absolute atomic E-state index is 13.6. The van der Waals surface area contributed by atoms with Crippen LogP contribution in [0, 0.1) is 0 Å². The van der Waals surface area contributed by atoms with Gasteiger partial charge in [-0.25, -0.2) is 8.42 Å². The van der Waals surface area contributed by atoms with Gasteiger partial charge in [0, 0.05) is 24.6 Å². The number of anilines is 1. The van der Waals surface area contributed by atoms with E-state index in [2.05, 4.69) is 10.0 Å². The van der Waals surface area contributed by atoms with Gasteiger partial charge in [0.25, 0.3) is 10.0 Å². The van der Waals surface area contributed by atoms with Crippen molar-refractivity contribution < 1.29 is 39.5 Å². The van der Waals surface area contributed by atoms with Gasteiger partial charge in [-0.2, -0.15) is 26.3 Å². The second kappa shape index (κ2) is 9.68. The first-order valence-corrected chi connectivity index (χ1v) is 13.4. The fraction of sp³-hybridized carbons (Fsp3) is 0.304. The third-order valence-corrected chi connectivity index (χ3v) is 8.84. The van der Waals surface area contributed by atoms with Gasteiger partial charge < -0.3 is 10.1 Å². The number of hydrogen-bond acceptors (Lipinski definition) is 5. The van der Waals surface area contributed by atoms with E-state index >= 15 is 0 Å². The SMILES string of the molecule is C[C@@]1(Oc2cc(NS(=O)(=O)c3sc(Cl)cc3-c3ccc(C(F)(F)F)cc3)ccc2C(F)(F)F)CCNC1. The van der Waals surface area contributed by atoms with Crippen LogP contribution in [-0.2, 0) is 22.4 Å². The number of nitrogens with one attached hydrogen (secondary N) is 2. The number of alkyl halides is 6. The molecule has 1 atom stereocenters. The predicted octanol–water partition coefficient (Wildman–Crippen LogP) is 7.04. The maximum Gasteiger partial charge on any atom is 0.419 e. The van der Waals surface area contributed by atoms with Gasteiger partial charge in [-0.05, 0) is 49.4 Å². The van der Waals surface area contributed by atoms with Crippen LogP contribution in [0.25, 0.3) is 11.1 Å². The number of thiophene rings is 1.